The molecule has 0 radical (unpaired) electrons. The van der Waals surface area contributed by atoms with Crippen molar-refractivity contribution in [3.63, 3.8) is 0 Å². The molecule has 0 amide bonds. The predicted molar refractivity (Wildman–Crippen MR) is 70.6 cm³/mol. The lowest BCUT2D eigenvalue weighted by atomic mass is 10.1. The minimum absolute atomic E-state index is 0.0767. The molecule has 0 rings (SSSR count). The molecule has 2 unspecified atom stereocenters. The van der Waals surface area contributed by atoms with E-state index in [9.17, 15) is 13.2 Å². The van der Waals surface area contributed by atoms with E-state index in [1.54, 1.807) is 18.2 Å². The van der Waals surface area contributed by atoms with Gasteiger partial charge in [0.05, 0.1) is 6.04 Å². The third-order valence-electron chi connectivity index (χ3n) is 2.26. The van der Waals surface area contributed by atoms with E-state index in [1.165, 1.54) is 6.08 Å². The van der Waals surface area contributed by atoms with Gasteiger partial charge in [-0.05, 0) is 12.5 Å². The fourth-order valence-corrected chi connectivity index (χ4v) is 0.983. The third kappa shape index (κ3) is 7.43. The van der Waals surface area contributed by atoms with Crippen molar-refractivity contribution in [2.24, 2.45) is 17.2 Å². The molecule has 0 aliphatic heterocycles. The highest BCUT2D eigenvalue weighted by molar-refractivity contribution is 5.97. The monoisotopic (exact) mass is 276 g/mol. The maximum atomic E-state index is 12.1. The lowest BCUT2D eigenvalue weighted by Crippen LogP contribution is -2.28. The Morgan fingerprint density at radius 2 is 1.74 bits per heavy atom. The summed E-state index contributed by atoms with van der Waals surface area (Å²) >= 11 is 0. The van der Waals surface area contributed by atoms with Crippen LogP contribution in [0.2, 0.25) is 0 Å². The highest BCUT2D eigenvalue weighted by atomic mass is 19.4. The van der Waals surface area contributed by atoms with Crippen LogP contribution in [0.5, 0.6) is 0 Å². The van der Waals surface area contributed by atoms with Crippen LogP contribution in [0.15, 0.2) is 36.1 Å². The van der Waals surface area contributed by atoms with Gasteiger partial charge in [-0.3, -0.25) is 5.41 Å². The Kier molecular flexibility index (Phi) is 7.10. The highest BCUT2D eigenvalue weighted by Gasteiger charge is 2.32. The van der Waals surface area contributed by atoms with Gasteiger partial charge in [0, 0.05) is 11.7 Å². The van der Waals surface area contributed by atoms with Crippen molar-refractivity contribution >= 4 is 5.71 Å². The summed E-state index contributed by atoms with van der Waals surface area (Å²) in [5.74, 6) is 0. The number of rotatable bonds is 6. The number of halogens is 3. The van der Waals surface area contributed by atoms with E-state index in [4.69, 9.17) is 22.6 Å². The first-order chi connectivity index (χ1) is 8.68. The zero-order chi connectivity index (χ0) is 15.1. The van der Waals surface area contributed by atoms with Crippen molar-refractivity contribution in [2.45, 2.75) is 31.6 Å². The third-order valence-corrected chi connectivity index (χ3v) is 2.26. The summed E-state index contributed by atoms with van der Waals surface area (Å²) < 4.78 is 36.3. The van der Waals surface area contributed by atoms with Gasteiger partial charge < -0.3 is 17.2 Å². The number of nitrogens with one attached hydrogen (secondary N) is 1. The van der Waals surface area contributed by atoms with Crippen molar-refractivity contribution < 1.29 is 13.2 Å². The van der Waals surface area contributed by atoms with Crippen LogP contribution in [0.4, 0.5) is 13.2 Å². The van der Waals surface area contributed by atoms with Crippen LogP contribution >= 0.6 is 0 Å². The van der Waals surface area contributed by atoms with Crippen LogP contribution in [-0.2, 0) is 0 Å². The summed E-state index contributed by atoms with van der Waals surface area (Å²) in [7, 11) is 0. The summed E-state index contributed by atoms with van der Waals surface area (Å²) in [6.07, 6.45) is 2.93. The van der Waals surface area contributed by atoms with Crippen LogP contribution in [0.1, 0.15) is 13.3 Å². The molecule has 19 heavy (non-hydrogen) atoms. The molecule has 0 heterocycles. The van der Waals surface area contributed by atoms with Crippen molar-refractivity contribution in [3.8, 4) is 0 Å². The minimum Gasteiger partial charge on any atom is -0.400 e. The molecule has 0 saturated heterocycles. The molecule has 0 aromatic rings. The fourth-order valence-electron chi connectivity index (χ4n) is 0.983. The van der Waals surface area contributed by atoms with E-state index >= 15 is 0 Å². The predicted octanol–water partition coefficient (Wildman–Crippen LogP) is 1.59. The van der Waals surface area contributed by atoms with Gasteiger partial charge in [0.15, 0.2) is 0 Å². The number of allylic oxidation sites excluding steroid dienone is 3. The van der Waals surface area contributed by atoms with E-state index in [0.29, 0.717) is 6.08 Å². The average molecular weight is 276 g/mol. The van der Waals surface area contributed by atoms with Crippen molar-refractivity contribution in [1.29, 1.82) is 5.41 Å². The molecule has 0 saturated carbocycles. The smallest absolute Gasteiger partial charge is 0.400 e. The molecule has 7 N–H and O–H groups in total. The molecule has 108 valence electrons. The molecule has 4 nitrogen and oxygen atoms in total. The van der Waals surface area contributed by atoms with Gasteiger partial charge in [-0.15, -0.1) is 0 Å². The van der Waals surface area contributed by atoms with E-state index in [0.717, 1.165) is 6.42 Å². The molecule has 0 aromatic carbocycles. The molecular formula is C12H19F3N4. The Hall–Kier alpha value is -1.60. The first-order valence-electron chi connectivity index (χ1n) is 5.67. The quantitative estimate of drug-likeness (QED) is 0.437. The number of hydrogen-bond acceptors (Lipinski definition) is 4. The van der Waals surface area contributed by atoms with E-state index in [2.05, 4.69) is 0 Å². The zero-order valence-corrected chi connectivity index (χ0v) is 10.6. The van der Waals surface area contributed by atoms with Crippen LogP contribution < -0.4 is 17.2 Å². The number of hydrogen-bond donors (Lipinski definition) is 4. The Balaban J connectivity index is 4.54. The molecule has 0 spiro atoms. The largest absolute Gasteiger partial charge is 0.432 e. The van der Waals surface area contributed by atoms with Gasteiger partial charge >= 0.3 is 6.18 Å². The summed E-state index contributed by atoms with van der Waals surface area (Å²) in [5.41, 5.74) is 14.8. The van der Waals surface area contributed by atoms with E-state index < -0.39 is 17.9 Å². The molecule has 0 aliphatic carbocycles. The van der Waals surface area contributed by atoms with Gasteiger partial charge in [-0.25, -0.2) is 0 Å². The molecule has 0 aliphatic rings. The normalized spacial score (nSPS) is 17.1. The van der Waals surface area contributed by atoms with Gasteiger partial charge in [-0.1, -0.05) is 31.2 Å². The maximum Gasteiger partial charge on any atom is 0.432 e. The first-order valence-corrected chi connectivity index (χ1v) is 5.67. The fraction of sp³-hybridized carbons (Fsp3) is 0.417. The topological polar surface area (TPSA) is 102 Å². The van der Waals surface area contributed by atoms with E-state index in [1.807, 2.05) is 6.92 Å². The minimum atomic E-state index is -4.72. The van der Waals surface area contributed by atoms with Crippen LogP contribution in [0.3, 0.4) is 0 Å². The Morgan fingerprint density at radius 3 is 2.21 bits per heavy atom. The molecule has 7 heteroatoms. The van der Waals surface area contributed by atoms with Crippen molar-refractivity contribution in [2.75, 3.05) is 0 Å². The molecular weight excluding hydrogens is 257 g/mol. The Labute approximate surface area is 110 Å². The van der Waals surface area contributed by atoms with Gasteiger partial charge in [0.25, 0.3) is 0 Å². The summed E-state index contributed by atoms with van der Waals surface area (Å²) in [6, 6.07) is -0.961. The molecule has 0 fully saturated rings. The second kappa shape index (κ2) is 7.75. The summed E-state index contributed by atoms with van der Waals surface area (Å²) in [4.78, 5) is 0. The molecule has 0 bridgehead atoms. The SMILES string of the molecule is CCC(N)/C=C/C=C\C(N)/C(N)=C/C(=N)C(F)(F)F. The Morgan fingerprint density at radius 1 is 1.21 bits per heavy atom. The number of nitrogens with two attached hydrogens (primary N) is 3. The van der Waals surface area contributed by atoms with Gasteiger partial charge in [0.2, 0.25) is 0 Å². The highest BCUT2D eigenvalue weighted by Crippen LogP contribution is 2.17. The number of alkyl halides is 3. The lowest BCUT2D eigenvalue weighted by molar-refractivity contribution is -0.0584. The zero-order valence-electron chi connectivity index (χ0n) is 10.6. The van der Waals surface area contributed by atoms with Crippen molar-refractivity contribution in [1.82, 2.24) is 0 Å². The van der Waals surface area contributed by atoms with Gasteiger partial charge in [0.1, 0.15) is 5.71 Å². The lowest BCUT2D eigenvalue weighted by Gasteiger charge is -2.09. The van der Waals surface area contributed by atoms with Crippen LogP contribution in [0.25, 0.3) is 0 Å². The Bertz CT molecular complexity index is 383. The average Bonchev–Trinajstić information content (AvgIpc) is 2.32. The van der Waals surface area contributed by atoms with E-state index in [-0.39, 0.29) is 11.7 Å². The molecule has 2 atom stereocenters. The molecule has 0 aromatic heterocycles. The van der Waals surface area contributed by atoms with Crippen LogP contribution in [-0.4, -0.2) is 24.0 Å². The van der Waals surface area contributed by atoms with Crippen LogP contribution in [0, 0.1) is 5.41 Å². The van der Waals surface area contributed by atoms with Gasteiger partial charge in [-0.2, -0.15) is 13.2 Å². The summed E-state index contributed by atoms with van der Waals surface area (Å²) in [5, 5.41) is 6.77. The standard InChI is InChI=1S/C12H19F3N4/c1-2-8(16)5-3-4-6-9(17)10(18)7-11(19)12(13,14)15/h3-9,19H,2,16-18H2,1H3/b5-3+,6-4-,10-7-,19-11?. The summed E-state index contributed by atoms with van der Waals surface area (Å²) in [6.45, 7) is 1.92. The van der Waals surface area contributed by atoms with Crippen molar-refractivity contribution in [3.05, 3.63) is 36.1 Å². The maximum absolute atomic E-state index is 12.1. The second-order valence-electron chi connectivity index (χ2n) is 3.92. The second-order valence-corrected chi connectivity index (χ2v) is 3.92. The first kappa shape index (κ1) is 17.4.